The van der Waals surface area contributed by atoms with Crippen LogP contribution in [-0.2, 0) is 20.5 Å². The Morgan fingerprint density at radius 2 is 2.03 bits per heavy atom. The van der Waals surface area contributed by atoms with Crippen LogP contribution < -0.4 is 4.72 Å². The maximum atomic E-state index is 14.6. The Hall–Kier alpha value is -2.11. The third kappa shape index (κ3) is 6.20. The summed E-state index contributed by atoms with van der Waals surface area (Å²) in [6.45, 7) is 3.26. The Balaban J connectivity index is 1.78. The van der Waals surface area contributed by atoms with Crippen LogP contribution in [0.1, 0.15) is 24.1 Å². The smallest absolute Gasteiger partial charge is 0.269 e. The van der Waals surface area contributed by atoms with Crippen LogP contribution in [0.2, 0.25) is 5.02 Å². The topological polar surface area (TPSA) is 102 Å². The Bertz CT molecular complexity index is 1020. The lowest BCUT2D eigenvalue weighted by Crippen LogP contribution is -2.47. The van der Waals surface area contributed by atoms with Gasteiger partial charge in [0.25, 0.3) is 5.69 Å². The fourth-order valence-corrected chi connectivity index (χ4v) is 5.00. The second kappa shape index (κ2) is 10.0. The van der Waals surface area contributed by atoms with E-state index in [0.717, 1.165) is 0 Å². The van der Waals surface area contributed by atoms with E-state index in [1.54, 1.807) is 6.07 Å². The van der Waals surface area contributed by atoms with Gasteiger partial charge in [-0.3, -0.25) is 15.0 Å². The lowest BCUT2D eigenvalue weighted by atomic mass is 10.0. The zero-order chi connectivity index (χ0) is 22.6. The largest absolute Gasteiger partial charge is 0.376 e. The third-order valence-electron chi connectivity index (χ3n) is 5.05. The van der Waals surface area contributed by atoms with Crippen LogP contribution in [0.15, 0.2) is 42.5 Å². The van der Waals surface area contributed by atoms with Crippen molar-refractivity contribution in [3.8, 4) is 0 Å². The molecule has 3 rings (SSSR count). The van der Waals surface area contributed by atoms with E-state index >= 15 is 0 Å². The summed E-state index contributed by atoms with van der Waals surface area (Å²) in [6, 6.07) is 9.04. The predicted molar refractivity (Wildman–Crippen MR) is 115 cm³/mol. The molecule has 2 atom stereocenters. The molecule has 1 N–H and O–H groups in total. The molecule has 2 unspecified atom stereocenters. The minimum atomic E-state index is -3.79. The van der Waals surface area contributed by atoms with Crippen molar-refractivity contribution in [2.24, 2.45) is 0 Å². The molecule has 11 heteroatoms. The maximum absolute atomic E-state index is 14.6. The maximum Gasteiger partial charge on any atom is 0.269 e. The highest BCUT2D eigenvalue weighted by Crippen LogP contribution is 2.31. The summed E-state index contributed by atoms with van der Waals surface area (Å²) in [7, 11) is -3.79. The molecule has 31 heavy (non-hydrogen) atoms. The molecule has 0 amide bonds. The molecule has 1 fully saturated rings. The van der Waals surface area contributed by atoms with Crippen LogP contribution in [0.4, 0.5) is 10.1 Å². The first-order valence-corrected chi connectivity index (χ1v) is 11.7. The molecule has 1 heterocycles. The number of ether oxygens (including phenoxy) is 1. The van der Waals surface area contributed by atoms with Gasteiger partial charge in [-0.2, -0.15) is 0 Å². The van der Waals surface area contributed by atoms with Crippen molar-refractivity contribution in [1.29, 1.82) is 0 Å². The lowest BCUT2D eigenvalue weighted by molar-refractivity contribution is -0.384. The second-order valence-corrected chi connectivity index (χ2v) is 9.57. The molecular formula is C20H23ClFN3O5S. The van der Waals surface area contributed by atoms with Gasteiger partial charge in [-0.15, -0.1) is 0 Å². The number of hydrogen-bond donors (Lipinski definition) is 1. The van der Waals surface area contributed by atoms with Crippen molar-refractivity contribution in [3.63, 3.8) is 0 Å². The van der Waals surface area contributed by atoms with Crippen LogP contribution >= 0.6 is 11.6 Å². The van der Waals surface area contributed by atoms with Gasteiger partial charge in [0.15, 0.2) is 0 Å². The number of morpholine rings is 1. The zero-order valence-corrected chi connectivity index (χ0v) is 18.4. The van der Waals surface area contributed by atoms with Crippen molar-refractivity contribution in [1.82, 2.24) is 9.62 Å². The van der Waals surface area contributed by atoms with Gasteiger partial charge in [0.1, 0.15) is 5.82 Å². The molecule has 8 nitrogen and oxygen atoms in total. The van der Waals surface area contributed by atoms with E-state index in [1.165, 1.54) is 36.4 Å². The van der Waals surface area contributed by atoms with Gasteiger partial charge in [0.05, 0.1) is 29.4 Å². The summed E-state index contributed by atoms with van der Waals surface area (Å²) in [5, 5.41) is 11.0. The standard InChI is InChI=1S/C20H23ClFN3O5S/c1-14-12-24(9-10-30-14)19(20-17(21)3-2-4-18(20)22)11-23-31(28,29)13-15-5-7-16(8-6-15)25(26)27/h2-8,14,19,23H,9-13H2,1H3. The molecule has 2 aromatic carbocycles. The number of nitro benzene ring substituents is 1. The van der Waals surface area contributed by atoms with E-state index in [-0.39, 0.29) is 34.7 Å². The number of hydrogen-bond acceptors (Lipinski definition) is 6. The quantitative estimate of drug-likeness (QED) is 0.468. The fourth-order valence-electron chi connectivity index (χ4n) is 3.56. The molecular weight excluding hydrogens is 449 g/mol. The van der Waals surface area contributed by atoms with Crippen LogP contribution in [0.3, 0.4) is 0 Å². The normalized spacial score (nSPS) is 18.6. The summed E-state index contributed by atoms with van der Waals surface area (Å²) in [5.74, 6) is -0.867. The number of nitro groups is 1. The van der Waals surface area contributed by atoms with Gasteiger partial charge >= 0.3 is 0 Å². The minimum Gasteiger partial charge on any atom is -0.376 e. The van der Waals surface area contributed by atoms with E-state index in [0.29, 0.717) is 25.3 Å². The Labute approximate surface area is 185 Å². The Kier molecular flexibility index (Phi) is 7.60. The monoisotopic (exact) mass is 471 g/mol. The van der Waals surface area contributed by atoms with Gasteiger partial charge in [-0.05, 0) is 24.6 Å². The van der Waals surface area contributed by atoms with Crippen molar-refractivity contribution >= 4 is 27.3 Å². The molecule has 1 aliphatic rings. The van der Waals surface area contributed by atoms with E-state index in [4.69, 9.17) is 16.3 Å². The van der Waals surface area contributed by atoms with Gasteiger partial charge in [0.2, 0.25) is 10.0 Å². The molecule has 0 spiro atoms. The first kappa shape index (κ1) is 23.6. The molecule has 0 bridgehead atoms. The van der Waals surface area contributed by atoms with E-state index in [9.17, 15) is 22.9 Å². The van der Waals surface area contributed by atoms with E-state index in [2.05, 4.69) is 4.72 Å². The number of nitrogens with zero attached hydrogens (tertiary/aromatic N) is 2. The summed E-state index contributed by atoms with van der Waals surface area (Å²) in [4.78, 5) is 12.2. The molecule has 0 aromatic heterocycles. The average Bonchev–Trinajstić information content (AvgIpc) is 2.70. The van der Waals surface area contributed by atoms with Crippen LogP contribution in [0.5, 0.6) is 0 Å². The number of benzene rings is 2. The fraction of sp³-hybridized carbons (Fsp3) is 0.400. The first-order valence-electron chi connectivity index (χ1n) is 9.66. The van der Waals surface area contributed by atoms with Crippen LogP contribution in [0.25, 0.3) is 0 Å². The molecule has 168 valence electrons. The van der Waals surface area contributed by atoms with Crippen LogP contribution in [0, 0.1) is 15.9 Å². The van der Waals surface area contributed by atoms with E-state index < -0.39 is 26.8 Å². The molecule has 0 radical (unpaired) electrons. The van der Waals surface area contributed by atoms with E-state index in [1.807, 2.05) is 11.8 Å². The molecule has 0 saturated carbocycles. The lowest BCUT2D eigenvalue weighted by Gasteiger charge is -2.38. The Morgan fingerprint density at radius 1 is 1.32 bits per heavy atom. The SMILES string of the molecule is CC1CN(C(CNS(=O)(=O)Cc2ccc([N+](=O)[O-])cc2)c2c(F)cccc2Cl)CCO1. The third-order valence-corrected chi connectivity index (χ3v) is 6.70. The van der Waals surface area contributed by atoms with Crippen molar-refractivity contribution < 1.29 is 22.5 Å². The number of halogens is 2. The van der Waals surface area contributed by atoms with Crippen LogP contribution in [-0.4, -0.2) is 50.6 Å². The van der Waals surface area contributed by atoms with Gasteiger partial charge in [-0.25, -0.2) is 17.5 Å². The summed E-state index contributed by atoms with van der Waals surface area (Å²) < 4.78 is 48.1. The average molecular weight is 472 g/mol. The van der Waals surface area contributed by atoms with Crippen molar-refractivity contribution in [3.05, 3.63) is 74.5 Å². The number of rotatable bonds is 8. The number of nitrogens with one attached hydrogen (secondary N) is 1. The zero-order valence-electron chi connectivity index (χ0n) is 16.8. The summed E-state index contributed by atoms with van der Waals surface area (Å²) in [5.41, 5.74) is 0.514. The summed E-state index contributed by atoms with van der Waals surface area (Å²) >= 11 is 6.27. The molecule has 1 saturated heterocycles. The van der Waals surface area contributed by atoms with Gasteiger partial charge < -0.3 is 4.74 Å². The highest BCUT2D eigenvalue weighted by Gasteiger charge is 2.30. The Morgan fingerprint density at radius 3 is 2.65 bits per heavy atom. The first-order chi connectivity index (χ1) is 14.7. The highest BCUT2D eigenvalue weighted by molar-refractivity contribution is 7.88. The highest BCUT2D eigenvalue weighted by atomic mass is 35.5. The number of sulfonamides is 1. The number of non-ortho nitro benzene ring substituents is 1. The summed E-state index contributed by atoms with van der Waals surface area (Å²) in [6.07, 6.45) is -0.0847. The van der Waals surface area contributed by atoms with Gasteiger partial charge in [-0.1, -0.05) is 29.8 Å². The second-order valence-electron chi connectivity index (χ2n) is 7.36. The molecule has 2 aromatic rings. The molecule has 0 aliphatic carbocycles. The van der Waals surface area contributed by atoms with Gasteiger partial charge in [0, 0.05) is 42.4 Å². The predicted octanol–water partition coefficient (Wildman–Crippen LogP) is 3.27. The minimum absolute atomic E-state index is 0.0807. The van der Waals surface area contributed by atoms with Crippen molar-refractivity contribution in [2.75, 3.05) is 26.2 Å². The van der Waals surface area contributed by atoms with Crippen molar-refractivity contribution in [2.45, 2.75) is 24.8 Å². The molecule has 1 aliphatic heterocycles.